The Morgan fingerprint density at radius 3 is 2.86 bits per heavy atom. The molecular weight excluding hydrogens is 288 g/mol. The molecule has 112 valence electrons. The molecule has 21 heavy (non-hydrogen) atoms. The lowest BCUT2D eigenvalue weighted by molar-refractivity contribution is -0.00385. The Morgan fingerprint density at radius 2 is 2.24 bits per heavy atom. The van der Waals surface area contributed by atoms with Gasteiger partial charge in [0.25, 0.3) is 5.91 Å². The first-order chi connectivity index (χ1) is 10.1. The van der Waals surface area contributed by atoms with E-state index in [9.17, 15) is 4.79 Å². The smallest absolute Gasteiger partial charge is 0.258 e. The monoisotopic (exact) mass is 306 g/mol. The number of aromatic nitrogens is 1. The van der Waals surface area contributed by atoms with Crippen LogP contribution in [0.15, 0.2) is 15.9 Å². The Morgan fingerprint density at radius 1 is 1.43 bits per heavy atom. The molecule has 0 bridgehead atoms. The second kappa shape index (κ2) is 5.61. The number of hydrogen-bond acceptors (Lipinski definition) is 5. The summed E-state index contributed by atoms with van der Waals surface area (Å²) in [7, 11) is 0. The van der Waals surface area contributed by atoms with Crippen LogP contribution < -0.4 is 0 Å². The van der Waals surface area contributed by atoms with Crippen molar-refractivity contribution in [1.29, 1.82) is 0 Å². The molecule has 0 saturated carbocycles. The van der Waals surface area contributed by atoms with Crippen LogP contribution in [-0.2, 0) is 4.74 Å². The molecule has 3 heterocycles. The molecule has 0 aromatic carbocycles. The van der Waals surface area contributed by atoms with Crippen LogP contribution in [0, 0.1) is 20.8 Å². The van der Waals surface area contributed by atoms with E-state index in [1.54, 1.807) is 17.4 Å². The van der Waals surface area contributed by atoms with Gasteiger partial charge in [-0.3, -0.25) is 4.79 Å². The Balaban J connectivity index is 1.90. The number of carbonyl (C=O) groups is 1. The molecule has 1 atom stereocenters. The van der Waals surface area contributed by atoms with Gasteiger partial charge in [0, 0.05) is 11.9 Å². The zero-order valence-corrected chi connectivity index (χ0v) is 13.2. The molecule has 1 amide bonds. The van der Waals surface area contributed by atoms with Crippen molar-refractivity contribution in [2.24, 2.45) is 0 Å². The summed E-state index contributed by atoms with van der Waals surface area (Å²) in [4.78, 5) is 19.2. The molecule has 0 N–H and O–H groups in total. The molecule has 1 unspecified atom stereocenters. The van der Waals surface area contributed by atoms with Gasteiger partial charge in [-0.15, -0.1) is 11.3 Å². The minimum Gasteiger partial charge on any atom is -0.466 e. The van der Waals surface area contributed by atoms with E-state index >= 15 is 0 Å². The lowest BCUT2D eigenvalue weighted by atomic mass is 10.1. The highest BCUT2D eigenvalue weighted by molar-refractivity contribution is 7.09. The second-order valence-corrected chi connectivity index (χ2v) is 6.27. The SMILES string of the molecule is Cc1cc(C(=O)N2CCOCC2c2csc(C)n2)c(C)o1. The molecule has 1 fully saturated rings. The zero-order chi connectivity index (χ0) is 15.0. The number of nitrogens with zero attached hydrogens (tertiary/aromatic N) is 2. The number of morpholine rings is 1. The van der Waals surface area contributed by atoms with Crippen molar-refractivity contribution in [3.63, 3.8) is 0 Å². The minimum absolute atomic E-state index is 0.0108. The van der Waals surface area contributed by atoms with Gasteiger partial charge in [-0.25, -0.2) is 4.98 Å². The van der Waals surface area contributed by atoms with Crippen LogP contribution >= 0.6 is 11.3 Å². The van der Waals surface area contributed by atoms with Gasteiger partial charge in [-0.2, -0.15) is 0 Å². The van der Waals surface area contributed by atoms with Crippen LogP contribution in [0.2, 0.25) is 0 Å². The molecule has 1 aliphatic heterocycles. The van der Waals surface area contributed by atoms with Crippen LogP contribution in [-0.4, -0.2) is 35.5 Å². The van der Waals surface area contributed by atoms with Crippen molar-refractivity contribution in [2.75, 3.05) is 19.8 Å². The molecule has 5 nitrogen and oxygen atoms in total. The van der Waals surface area contributed by atoms with E-state index in [2.05, 4.69) is 4.98 Å². The maximum Gasteiger partial charge on any atom is 0.258 e. The second-order valence-electron chi connectivity index (χ2n) is 5.21. The lowest BCUT2D eigenvalue weighted by Gasteiger charge is -2.34. The van der Waals surface area contributed by atoms with Crippen LogP contribution in [0.25, 0.3) is 0 Å². The summed E-state index contributed by atoms with van der Waals surface area (Å²) in [6.45, 7) is 7.26. The summed E-state index contributed by atoms with van der Waals surface area (Å²) in [6.07, 6.45) is 0. The fourth-order valence-electron chi connectivity index (χ4n) is 2.62. The first-order valence-corrected chi connectivity index (χ1v) is 7.82. The molecule has 6 heteroatoms. The number of carbonyl (C=O) groups excluding carboxylic acids is 1. The van der Waals surface area contributed by atoms with Gasteiger partial charge in [-0.05, 0) is 26.8 Å². The summed E-state index contributed by atoms with van der Waals surface area (Å²) in [6, 6.07) is 1.68. The van der Waals surface area contributed by atoms with E-state index in [0.29, 0.717) is 31.1 Å². The summed E-state index contributed by atoms with van der Waals surface area (Å²) in [5, 5.41) is 3.00. The van der Waals surface area contributed by atoms with Crippen molar-refractivity contribution in [3.8, 4) is 0 Å². The van der Waals surface area contributed by atoms with E-state index in [0.717, 1.165) is 16.5 Å². The Labute approximate surface area is 127 Å². The van der Waals surface area contributed by atoms with Crippen molar-refractivity contribution >= 4 is 17.2 Å². The number of amides is 1. The number of ether oxygens (including phenoxy) is 1. The van der Waals surface area contributed by atoms with Gasteiger partial charge in [0.15, 0.2) is 0 Å². The van der Waals surface area contributed by atoms with Crippen molar-refractivity contribution in [3.05, 3.63) is 39.2 Å². The lowest BCUT2D eigenvalue weighted by Crippen LogP contribution is -2.43. The molecule has 0 spiro atoms. The summed E-state index contributed by atoms with van der Waals surface area (Å²) < 4.78 is 11.0. The Kier molecular flexibility index (Phi) is 3.82. The molecule has 1 aliphatic rings. The Bertz CT molecular complexity index is 662. The maximum absolute atomic E-state index is 12.8. The van der Waals surface area contributed by atoms with Gasteiger partial charge < -0.3 is 14.1 Å². The highest BCUT2D eigenvalue weighted by Crippen LogP contribution is 2.28. The van der Waals surface area contributed by atoms with Crippen molar-refractivity contribution < 1.29 is 13.9 Å². The van der Waals surface area contributed by atoms with E-state index in [1.807, 2.05) is 31.1 Å². The fourth-order valence-corrected chi connectivity index (χ4v) is 3.28. The standard InChI is InChI=1S/C15H18N2O3S/c1-9-6-12(10(2)20-9)15(18)17-4-5-19-7-14(17)13-8-21-11(3)16-13/h6,8,14H,4-5,7H2,1-3H3. The summed E-state index contributed by atoms with van der Waals surface area (Å²) >= 11 is 1.59. The van der Waals surface area contributed by atoms with Crippen LogP contribution in [0.1, 0.15) is 38.6 Å². The van der Waals surface area contributed by atoms with Crippen LogP contribution in [0.4, 0.5) is 0 Å². The number of aryl methyl sites for hydroxylation is 3. The molecule has 0 aliphatic carbocycles. The number of furan rings is 1. The quantitative estimate of drug-likeness (QED) is 0.856. The van der Waals surface area contributed by atoms with E-state index < -0.39 is 0 Å². The summed E-state index contributed by atoms with van der Waals surface area (Å²) in [5.74, 6) is 1.41. The number of hydrogen-bond donors (Lipinski definition) is 0. The maximum atomic E-state index is 12.8. The highest BCUT2D eigenvalue weighted by Gasteiger charge is 2.32. The van der Waals surface area contributed by atoms with Gasteiger partial charge >= 0.3 is 0 Å². The van der Waals surface area contributed by atoms with Crippen LogP contribution in [0.3, 0.4) is 0 Å². The fraction of sp³-hybridized carbons (Fsp3) is 0.467. The normalized spacial score (nSPS) is 19.0. The first kappa shape index (κ1) is 14.3. The molecule has 2 aromatic rings. The average molecular weight is 306 g/mol. The largest absolute Gasteiger partial charge is 0.466 e. The third-order valence-electron chi connectivity index (χ3n) is 3.64. The molecule has 3 rings (SSSR count). The molecule has 1 saturated heterocycles. The highest BCUT2D eigenvalue weighted by atomic mass is 32.1. The number of thiazole rings is 1. The predicted molar refractivity (Wildman–Crippen MR) is 79.6 cm³/mol. The molecular formula is C15H18N2O3S. The van der Waals surface area contributed by atoms with Gasteiger partial charge in [0.05, 0.1) is 35.5 Å². The third-order valence-corrected chi connectivity index (χ3v) is 4.43. The first-order valence-electron chi connectivity index (χ1n) is 6.94. The van der Waals surface area contributed by atoms with E-state index in [-0.39, 0.29) is 11.9 Å². The van der Waals surface area contributed by atoms with E-state index in [4.69, 9.17) is 9.15 Å². The minimum atomic E-state index is -0.120. The average Bonchev–Trinajstić information content (AvgIpc) is 3.04. The van der Waals surface area contributed by atoms with Gasteiger partial charge in [0.2, 0.25) is 0 Å². The zero-order valence-electron chi connectivity index (χ0n) is 12.4. The summed E-state index contributed by atoms with van der Waals surface area (Å²) in [5.41, 5.74) is 1.54. The molecule has 0 radical (unpaired) electrons. The number of rotatable bonds is 2. The van der Waals surface area contributed by atoms with Gasteiger partial charge in [-0.1, -0.05) is 0 Å². The molecule has 2 aromatic heterocycles. The van der Waals surface area contributed by atoms with Crippen LogP contribution in [0.5, 0.6) is 0 Å². The third kappa shape index (κ3) is 2.73. The predicted octanol–water partition coefficient (Wildman–Crippen LogP) is 2.88. The van der Waals surface area contributed by atoms with Gasteiger partial charge in [0.1, 0.15) is 11.5 Å². The van der Waals surface area contributed by atoms with Crippen molar-refractivity contribution in [2.45, 2.75) is 26.8 Å². The Hall–Kier alpha value is -1.66. The topological polar surface area (TPSA) is 55.6 Å². The van der Waals surface area contributed by atoms with Crippen molar-refractivity contribution in [1.82, 2.24) is 9.88 Å². The van der Waals surface area contributed by atoms with E-state index in [1.165, 1.54) is 0 Å².